The Morgan fingerprint density at radius 2 is 2.10 bits per heavy atom. The van der Waals surface area contributed by atoms with Crippen molar-refractivity contribution >= 4 is 16.7 Å². The highest BCUT2D eigenvalue weighted by atomic mass is 16.5. The highest BCUT2D eigenvalue weighted by Gasteiger charge is 2.24. The van der Waals surface area contributed by atoms with Crippen LogP contribution in [0, 0.1) is 0 Å². The molecule has 1 unspecified atom stereocenters. The Morgan fingerprint density at radius 1 is 1.23 bits per heavy atom. The maximum atomic E-state index is 6.11. The molecule has 2 saturated heterocycles. The first-order valence-electron chi connectivity index (χ1n) is 11.1. The Labute approximate surface area is 181 Å². The van der Waals surface area contributed by atoms with Gasteiger partial charge in [0.2, 0.25) is 5.89 Å². The average molecular weight is 427 g/mol. The van der Waals surface area contributed by atoms with Gasteiger partial charge in [-0.25, -0.2) is 9.67 Å². The average Bonchev–Trinajstić information content (AvgIpc) is 3.42. The van der Waals surface area contributed by atoms with E-state index in [9.17, 15) is 0 Å². The molecule has 0 radical (unpaired) electrons. The van der Waals surface area contributed by atoms with Gasteiger partial charge < -0.3 is 24.7 Å². The number of nitrogens with zero attached hydrogens (tertiary/aromatic N) is 6. The van der Waals surface area contributed by atoms with Crippen LogP contribution in [0.15, 0.2) is 16.8 Å². The molecule has 5 heterocycles. The Kier molecular flexibility index (Phi) is 5.84. The highest BCUT2D eigenvalue weighted by molar-refractivity contribution is 5.96. The SMILES string of the molecule is CCn1ncc2c(NC3CCOCC3)c(-c3nnc(CC4CN(C)CCN4)o3)cnc21. The van der Waals surface area contributed by atoms with E-state index in [1.165, 1.54) is 0 Å². The number of hydrogen-bond acceptors (Lipinski definition) is 9. The molecule has 2 aliphatic rings. The number of pyridine rings is 1. The summed E-state index contributed by atoms with van der Waals surface area (Å²) < 4.78 is 13.5. The van der Waals surface area contributed by atoms with Gasteiger partial charge in [-0.05, 0) is 26.8 Å². The molecule has 10 nitrogen and oxygen atoms in total. The van der Waals surface area contributed by atoms with E-state index in [2.05, 4.69) is 49.8 Å². The fourth-order valence-electron chi connectivity index (χ4n) is 4.41. The quantitative estimate of drug-likeness (QED) is 0.607. The topological polar surface area (TPSA) is 106 Å². The Bertz CT molecular complexity index is 1030. The zero-order valence-corrected chi connectivity index (χ0v) is 18.2. The normalized spacial score (nSPS) is 21.0. The van der Waals surface area contributed by atoms with Gasteiger partial charge in [0.15, 0.2) is 5.65 Å². The molecule has 0 spiro atoms. The van der Waals surface area contributed by atoms with Crippen LogP contribution in [0.1, 0.15) is 25.7 Å². The molecule has 166 valence electrons. The Balaban J connectivity index is 1.46. The number of rotatable bonds is 6. The molecule has 10 heteroatoms. The molecule has 3 aromatic heterocycles. The largest absolute Gasteiger partial charge is 0.421 e. The number of aromatic nitrogens is 5. The van der Waals surface area contributed by atoms with Crippen LogP contribution in [0.3, 0.4) is 0 Å². The molecule has 2 fully saturated rings. The van der Waals surface area contributed by atoms with Gasteiger partial charge in [0.25, 0.3) is 5.89 Å². The van der Waals surface area contributed by atoms with E-state index in [0.29, 0.717) is 30.3 Å². The molecule has 5 rings (SSSR count). The Morgan fingerprint density at radius 3 is 2.90 bits per heavy atom. The maximum absolute atomic E-state index is 6.11. The first-order chi connectivity index (χ1) is 15.2. The van der Waals surface area contributed by atoms with Crippen LogP contribution in [0.25, 0.3) is 22.5 Å². The second kappa shape index (κ2) is 8.89. The number of hydrogen-bond donors (Lipinski definition) is 2. The third-order valence-electron chi connectivity index (χ3n) is 6.11. The molecule has 0 saturated carbocycles. The molecule has 0 amide bonds. The smallest absolute Gasteiger partial charge is 0.251 e. The molecule has 1 atom stereocenters. The minimum Gasteiger partial charge on any atom is -0.421 e. The van der Waals surface area contributed by atoms with Crippen LogP contribution in [0.5, 0.6) is 0 Å². The van der Waals surface area contributed by atoms with Gasteiger partial charge in [-0.15, -0.1) is 10.2 Å². The zero-order chi connectivity index (χ0) is 21.2. The number of likely N-dealkylation sites (N-methyl/N-ethyl adjacent to an activating group) is 1. The number of ether oxygens (including phenoxy) is 1. The van der Waals surface area contributed by atoms with Crippen molar-refractivity contribution in [2.75, 3.05) is 45.2 Å². The number of piperazine rings is 1. The van der Waals surface area contributed by atoms with Crippen molar-refractivity contribution in [2.24, 2.45) is 0 Å². The molecule has 3 aromatic rings. The predicted octanol–water partition coefficient (Wildman–Crippen LogP) is 1.54. The van der Waals surface area contributed by atoms with Crippen LogP contribution in [0.4, 0.5) is 5.69 Å². The fourth-order valence-corrected chi connectivity index (χ4v) is 4.41. The molecule has 2 N–H and O–H groups in total. The van der Waals surface area contributed by atoms with Crippen LogP contribution in [-0.2, 0) is 17.7 Å². The summed E-state index contributed by atoms with van der Waals surface area (Å²) in [6.45, 7) is 7.37. The van der Waals surface area contributed by atoms with Crippen LogP contribution in [0.2, 0.25) is 0 Å². The van der Waals surface area contributed by atoms with E-state index < -0.39 is 0 Å². The van der Waals surface area contributed by atoms with Crippen molar-refractivity contribution in [1.29, 1.82) is 0 Å². The molecule has 0 bridgehead atoms. The van der Waals surface area contributed by atoms with Crippen LogP contribution >= 0.6 is 0 Å². The van der Waals surface area contributed by atoms with E-state index in [1.54, 1.807) is 0 Å². The summed E-state index contributed by atoms with van der Waals surface area (Å²) in [6.07, 6.45) is 6.32. The third kappa shape index (κ3) is 4.28. The summed E-state index contributed by atoms with van der Waals surface area (Å²) in [6, 6.07) is 0.641. The summed E-state index contributed by atoms with van der Waals surface area (Å²) in [7, 11) is 2.14. The highest BCUT2D eigenvalue weighted by Crippen LogP contribution is 2.34. The molecule has 31 heavy (non-hydrogen) atoms. The van der Waals surface area contributed by atoms with Gasteiger partial charge in [0.1, 0.15) is 0 Å². The molecular weight excluding hydrogens is 396 g/mol. The van der Waals surface area contributed by atoms with Gasteiger partial charge in [-0.2, -0.15) is 5.10 Å². The van der Waals surface area contributed by atoms with E-state index in [1.807, 2.05) is 17.1 Å². The van der Waals surface area contributed by atoms with Gasteiger partial charge in [-0.3, -0.25) is 0 Å². The van der Waals surface area contributed by atoms with Crippen molar-refractivity contribution in [3.8, 4) is 11.5 Å². The lowest BCUT2D eigenvalue weighted by Crippen LogP contribution is -2.49. The standard InChI is InChI=1S/C21H30N8O2/c1-3-29-20-16(12-24-29)19(25-14-4-8-30-9-5-14)17(11-23-20)21-27-26-18(31-21)10-15-13-28(2)7-6-22-15/h11-12,14-15,22H,3-10,13H2,1-2H3,(H,23,25). The summed E-state index contributed by atoms with van der Waals surface area (Å²) in [5, 5.41) is 21.4. The lowest BCUT2D eigenvalue weighted by molar-refractivity contribution is 0.0905. The molecule has 0 aliphatic carbocycles. The summed E-state index contributed by atoms with van der Waals surface area (Å²) in [5.41, 5.74) is 2.64. The summed E-state index contributed by atoms with van der Waals surface area (Å²) in [4.78, 5) is 6.98. The van der Waals surface area contributed by atoms with Crippen molar-refractivity contribution in [2.45, 2.75) is 44.8 Å². The second-order valence-electron chi connectivity index (χ2n) is 8.39. The number of anilines is 1. The summed E-state index contributed by atoms with van der Waals surface area (Å²) in [5.74, 6) is 1.14. The minimum absolute atomic E-state index is 0.315. The zero-order valence-electron chi connectivity index (χ0n) is 18.2. The first-order valence-corrected chi connectivity index (χ1v) is 11.1. The van der Waals surface area contributed by atoms with Crippen molar-refractivity contribution in [1.82, 2.24) is 35.2 Å². The first kappa shape index (κ1) is 20.3. The monoisotopic (exact) mass is 426 g/mol. The number of aryl methyl sites for hydroxylation is 1. The lowest BCUT2D eigenvalue weighted by atomic mass is 10.1. The fraction of sp³-hybridized carbons (Fsp3) is 0.619. The van der Waals surface area contributed by atoms with E-state index in [0.717, 1.165) is 74.5 Å². The van der Waals surface area contributed by atoms with Crippen LogP contribution < -0.4 is 10.6 Å². The summed E-state index contributed by atoms with van der Waals surface area (Å²) >= 11 is 0. The minimum atomic E-state index is 0.315. The van der Waals surface area contributed by atoms with E-state index in [-0.39, 0.29) is 0 Å². The van der Waals surface area contributed by atoms with Crippen LogP contribution in [-0.4, -0.2) is 81.8 Å². The molecule has 0 aromatic carbocycles. The van der Waals surface area contributed by atoms with Crippen molar-refractivity contribution in [3.63, 3.8) is 0 Å². The number of fused-ring (bicyclic) bond motifs is 1. The van der Waals surface area contributed by atoms with Gasteiger partial charge in [0.05, 0.1) is 22.8 Å². The molecule has 2 aliphatic heterocycles. The lowest BCUT2D eigenvalue weighted by Gasteiger charge is -2.30. The van der Waals surface area contributed by atoms with Gasteiger partial charge in [0, 0.05) is 64.1 Å². The van der Waals surface area contributed by atoms with Crippen molar-refractivity contribution < 1.29 is 9.15 Å². The predicted molar refractivity (Wildman–Crippen MR) is 117 cm³/mol. The maximum Gasteiger partial charge on any atom is 0.251 e. The second-order valence-corrected chi connectivity index (χ2v) is 8.39. The van der Waals surface area contributed by atoms with E-state index in [4.69, 9.17) is 9.15 Å². The van der Waals surface area contributed by atoms with Gasteiger partial charge >= 0.3 is 0 Å². The Hall–Kier alpha value is -2.56. The van der Waals surface area contributed by atoms with Crippen molar-refractivity contribution in [3.05, 3.63) is 18.3 Å². The van der Waals surface area contributed by atoms with Gasteiger partial charge in [-0.1, -0.05) is 0 Å². The number of nitrogens with one attached hydrogen (secondary N) is 2. The third-order valence-corrected chi connectivity index (χ3v) is 6.11. The van der Waals surface area contributed by atoms with E-state index >= 15 is 0 Å². The molecular formula is C21H30N8O2.